The van der Waals surface area contributed by atoms with E-state index in [1.54, 1.807) is 0 Å². The maximum atomic E-state index is 9.10. The van der Waals surface area contributed by atoms with Crippen molar-refractivity contribution in [2.75, 3.05) is 13.2 Å². The standard InChI is InChI=1S/C14H19NO/c1-12(2)14(11-16)15-10-6-9-13-7-4-3-5-8-13/h3-5,7-8,12,14-16H,10-11H2,1-2H3. The lowest BCUT2D eigenvalue weighted by molar-refractivity contribution is 0.215. The number of hydrogen-bond donors (Lipinski definition) is 2. The maximum Gasteiger partial charge on any atom is 0.0587 e. The lowest BCUT2D eigenvalue weighted by Crippen LogP contribution is -2.37. The maximum absolute atomic E-state index is 9.10. The molecule has 2 N–H and O–H groups in total. The first-order chi connectivity index (χ1) is 7.74. The van der Waals surface area contributed by atoms with Crippen LogP contribution in [-0.2, 0) is 0 Å². The van der Waals surface area contributed by atoms with E-state index in [1.165, 1.54) is 0 Å². The van der Waals surface area contributed by atoms with Crippen LogP contribution < -0.4 is 5.32 Å². The first-order valence-corrected chi connectivity index (χ1v) is 5.62. The van der Waals surface area contributed by atoms with Gasteiger partial charge in [0, 0.05) is 11.6 Å². The molecule has 1 aromatic rings. The molecule has 1 aromatic carbocycles. The van der Waals surface area contributed by atoms with Gasteiger partial charge in [0.1, 0.15) is 0 Å². The van der Waals surface area contributed by atoms with Gasteiger partial charge in [-0.3, -0.25) is 0 Å². The Morgan fingerprint density at radius 2 is 1.94 bits per heavy atom. The van der Waals surface area contributed by atoms with Crippen LogP contribution in [0.3, 0.4) is 0 Å². The summed E-state index contributed by atoms with van der Waals surface area (Å²) in [6, 6.07) is 10.0. The van der Waals surface area contributed by atoms with Crippen LogP contribution in [0.15, 0.2) is 30.3 Å². The first-order valence-electron chi connectivity index (χ1n) is 5.62. The van der Waals surface area contributed by atoms with Crippen molar-refractivity contribution in [3.05, 3.63) is 35.9 Å². The lowest BCUT2D eigenvalue weighted by atomic mass is 10.1. The monoisotopic (exact) mass is 217 g/mol. The SMILES string of the molecule is CC(C)C(CO)NCC#Cc1ccccc1. The molecule has 2 nitrogen and oxygen atoms in total. The summed E-state index contributed by atoms with van der Waals surface area (Å²) in [4.78, 5) is 0. The Bertz CT molecular complexity index is 348. The molecule has 16 heavy (non-hydrogen) atoms. The molecule has 0 aromatic heterocycles. The smallest absolute Gasteiger partial charge is 0.0587 e. The number of benzene rings is 1. The van der Waals surface area contributed by atoms with Gasteiger partial charge in [0.15, 0.2) is 0 Å². The summed E-state index contributed by atoms with van der Waals surface area (Å²) < 4.78 is 0. The number of aliphatic hydroxyl groups is 1. The van der Waals surface area contributed by atoms with Crippen LogP contribution >= 0.6 is 0 Å². The summed E-state index contributed by atoms with van der Waals surface area (Å²) in [6.07, 6.45) is 0. The van der Waals surface area contributed by atoms with E-state index in [0.717, 1.165) is 5.56 Å². The minimum atomic E-state index is 0.130. The molecule has 1 rings (SSSR count). The summed E-state index contributed by atoms with van der Waals surface area (Å²) in [5.74, 6) is 6.54. The highest BCUT2D eigenvalue weighted by molar-refractivity contribution is 5.33. The Kier molecular flexibility index (Phi) is 5.63. The van der Waals surface area contributed by atoms with Crippen molar-refractivity contribution in [1.82, 2.24) is 5.32 Å². The van der Waals surface area contributed by atoms with Gasteiger partial charge in [0.05, 0.1) is 13.2 Å². The minimum Gasteiger partial charge on any atom is -0.395 e. The average Bonchev–Trinajstić information content (AvgIpc) is 2.30. The topological polar surface area (TPSA) is 32.3 Å². The Labute approximate surface area is 97.7 Å². The van der Waals surface area contributed by atoms with Crippen LogP contribution in [0.1, 0.15) is 19.4 Å². The van der Waals surface area contributed by atoms with E-state index in [4.69, 9.17) is 5.11 Å². The molecule has 1 atom stereocenters. The Morgan fingerprint density at radius 3 is 2.50 bits per heavy atom. The third-order valence-corrected chi connectivity index (χ3v) is 2.46. The van der Waals surface area contributed by atoms with E-state index in [9.17, 15) is 0 Å². The van der Waals surface area contributed by atoms with Gasteiger partial charge in [-0.25, -0.2) is 0 Å². The van der Waals surface area contributed by atoms with E-state index in [0.29, 0.717) is 12.5 Å². The normalized spacial score (nSPS) is 12.0. The van der Waals surface area contributed by atoms with Gasteiger partial charge in [-0.05, 0) is 18.1 Å². The average molecular weight is 217 g/mol. The van der Waals surface area contributed by atoms with Crippen molar-refractivity contribution in [1.29, 1.82) is 0 Å². The second-order valence-electron chi connectivity index (χ2n) is 4.08. The Balaban J connectivity index is 2.38. The number of hydrogen-bond acceptors (Lipinski definition) is 2. The van der Waals surface area contributed by atoms with Crippen molar-refractivity contribution < 1.29 is 5.11 Å². The predicted molar refractivity (Wildman–Crippen MR) is 67.0 cm³/mol. The van der Waals surface area contributed by atoms with E-state index in [1.807, 2.05) is 30.3 Å². The number of aliphatic hydroxyl groups excluding tert-OH is 1. The third-order valence-electron chi connectivity index (χ3n) is 2.46. The van der Waals surface area contributed by atoms with Gasteiger partial charge in [-0.15, -0.1) is 0 Å². The van der Waals surface area contributed by atoms with Crippen molar-refractivity contribution >= 4 is 0 Å². The van der Waals surface area contributed by atoms with Crippen molar-refractivity contribution in [3.63, 3.8) is 0 Å². The van der Waals surface area contributed by atoms with Crippen molar-refractivity contribution in [3.8, 4) is 11.8 Å². The second-order valence-corrected chi connectivity index (χ2v) is 4.08. The van der Waals surface area contributed by atoms with E-state index >= 15 is 0 Å². The molecule has 0 fully saturated rings. The zero-order chi connectivity index (χ0) is 11.8. The largest absolute Gasteiger partial charge is 0.395 e. The molecular weight excluding hydrogens is 198 g/mol. The van der Waals surface area contributed by atoms with Crippen LogP contribution in [0.4, 0.5) is 0 Å². The van der Waals surface area contributed by atoms with E-state index < -0.39 is 0 Å². The van der Waals surface area contributed by atoms with Gasteiger partial charge in [-0.1, -0.05) is 43.9 Å². The summed E-state index contributed by atoms with van der Waals surface area (Å²) in [5.41, 5.74) is 1.02. The van der Waals surface area contributed by atoms with Gasteiger partial charge in [-0.2, -0.15) is 0 Å². The molecule has 2 heteroatoms. The molecule has 0 aliphatic carbocycles. The Hall–Kier alpha value is -1.30. The first kappa shape index (κ1) is 12.8. The predicted octanol–water partition coefficient (Wildman–Crippen LogP) is 1.64. The van der Waals surface area contributed by atoms with Crippen LogP contribution in [0.25, 0.3) is 0 Å². The van der Waals surface area contributed by atoms with Crippen LogP contribution in [0.5, 0.6) is 0 Å². The fraction of sp³-hybridized carbons (Fsp3) is 0.429. The van der Waals surface area contributed by atoms with Gasteiger partial charge in [0.25, 0.3) is 0 Å². The lowest BCUT2D eigenvalue weighted by Gasteiger charge is -2.17. The highest BCUT2D eigenvalue weighted by Crippen LogP contribution is 1.99. The highest BCUT2D eigenvalue weighted by atomic mass is 16.3. The molecule has 0 aliphatic heterocycles. The number of rotatable bonds is 4. The summed E-state index contributed by atoms with van der Waals surface area (Å²) in [6.45, 7) is 4.93. The van der Waals surface area contributed by atoms with E-state index in [2.05, 4.69) is 31.0 Å². The van der Waals surface area contributed by atoms with Gasteiger partial charge in [0.2, 0.25) is 0 Å². The molecule has 1 unspecified atom stereocenters. The summed E-state index contributed by atoms with van der Waals surface area (Å²) in [7, 11) is 0. The molecule has 0 radical (unpaired) electrons. The highest BCUT2D eigenvalue weighted by Gasteiger charge is 2.09. The third kappa shape index (κ3) is 4.48. The van der Waals surface area contributed by atoms with Crippen LogP contribution in [0, 0.1) is 17.8 Å². The summed E-state index contributed by atoms with van der Waals surface area (Å²) in [5, 5.41) is 12.3. The zero-order valence-corrected chi connectivity index (χ0v) is 9.90. The van der Waals surface area contributed by atoms with Crippen LogP contribution in [0.2, 0.25) is 0 Å². The van der Waals surface area contributed by atoms with Gasteiger partial charge >= 0.3 is 0 Å². The summed E-state index contributed by atoms with van der Waals surface area (Å²) >= 11 is 0. The Morgan fingerprint density at radius 1 is 1.25 bits per heavy atom. The molecule has 0 saturated heterocycles. The molecule has 0 amide bonds. The van der Waals surface area contributed by atoms with Crippen LogP contribution in [-0.4, -0.2) is 24.3 Å². The molecular formula is C14H19NO. The fourth-order valence-electron chi connectivity index (χ4n) is 1.36. The molecule has 0 aliphatic rings. The minimum absolute atomic E-state index is 0.130. The number of nitrogens with one attached hydrogen (secondary N) is 1. The van der Waals surface area contributed by atoms with E-state index in [-0.39, 0.29) is 12.6 Å². The molecule has 0 heterocycles. The second kappa shape index (κ2) is 7.05. The quantitative estimate of drug-likeness (QED) is 0.752. The molecule has 0 spiro atoms. The molecule has 0 bridgehead atoms. The molecule has 86 valence electrons. The zero-order valence-electron chi connectivity index (χ0n) is 9.90. The fourth-order valence-corrected chi connectivity index (χ4v) is 1.36. The van der Waals surface area contributed by atoms with Crippen molar-refractivity contribution in [2.24, 2.45) is 5.92 Å². The van der Waals surface area contributed by atoms with Gasteiger partial charge < -0.3 is 10.4 Å². The van der Waals surface area contributed by atoms with Crippen molar-refractivity contribution in [2.45, 2.75) is 19.9 Å². The molecule has 0 saturated carbocycles.